The molecule has 96 valence electrons. The molecule has 4 atom stereocenters. The van der Waals surface area contributed by atoms with Crippen molar-refractivity contribution in [2.75, 3.05) is 0 Å². The van der Waals surface area contributed by atoms with Crippen LogP contribution in [0.5, 0.6) is 0 Å². The molecule has 0 spiro atoms. The van der Waals surface area contributed by atoms with Gasteiger partial charge in [0.2, 0.25) is 0 Å². The number of hydrogen-bond acceptors (Lipinski definition) is 3. The highest BCUT2D eigenvalue weighted by molar-refractivity contribution is 5.94. The third-order valence-corrected chi connectivity index (χ3v) is 3.95. The Kier molecular flexibility index (Phi) is 3.41. The van der Waals surface area contributed by atoms with Crippen LogP contribution in [0.4, 0.5) is 0 Å². The van der Waals surface area contributed by atoms with Crippen molar-refractivity contribution >= 4 is 5.71 Å². The molecule has 1 saturated heterocycles. The molecule has 1 fully saturated rings. The zero-order chi connectivity index (χ0) is 12.6. The van der Waals surface area contributed by atoms with Crippen molar-refractivity contribution < 1.29 is 0 Å². The molecular weight excluding hydrogens is 210 g/mol. The molecule has 0 aromatic carbocycles. The molecule has 0 aliphatic carbocycles. The van der Waals surface area contributed by atoms with Crippen molar-refractivity contribution in [3.63, 3.8) is 0 Å². The molecular formula is C14H25N3. The maximum atomic E-state index is 4.77. The van der Waals surface area contributed by atoms with Gasteiger partial charge in [0, 0.05) is 17.7 Å². The summed E-state index contributed by atoms with van der Waals surface area (Å²) in [5, 5.41) is 7.40. The van der Waals surface area contributed by atoms with Crippen LogP contribution in [0.15, 0.2) is 16.6 Å². The zero-order valence-electron chi connectivity index (χ0n) is 11.7. The minimum atomic E-state index is 0.0245. The van der Waals surface area contributed by atoms with Crippen LogP contribution in [0, 0.1) is 5.92 Å². The Hall–Kier alpha value is -0.670. The van der Waals surface area contributed by atoms with Gasteiger partial charge < -0.3 is 0 Å². The Morgan fingerprint density at radius 2 is 2.06 bits per heavy atom. The van der Waals surface area contributed by atoms with Crippen molar-refractivity contribution in [1.29, 1.82) is 0 Å². The van der Waals surface area contributed by atoms with Gasteiger partial charge in [0.1, 0.15) is 6.17 Å². The van der Waals surface area contributed by atoms with Crippen molar-refractivity contribution in [3.8, 4) is 0 Å². The fourth-order valence-corrected chi connectivity index (χ4v) is 3.41. The molecule has 3 nitrogen and oxygen atoms in total. The molecule has 0 radical (unpaired) electrons. The maximum Gasteiger partial charge on any atom is 0.109 e. The second-order valence-electron chi connectivity index (χ2n) is 5.79. The van der Waals surface area contributed by atoms with Crippen LogP contribution in [0.3, 0.4) is 0 Å². The van der Waals surface area contributed by atoms with Gasteiger partial charge in [0.25, 0.3) is 0 Å². The summed E-state index contributed by atoms with van der Waals surface area (Å²) in [6.07, 6.45) is 4.77. The lowest BCUT2D eigenvalue weighted by Crippen LogP contribution is -2.69. The summed E-state index contributed by atoms with van der Waals surface area (Å²) < 4.78 is 0. The van der Waals surface area contributed by atoms with E-state index in [9.17, 15) is 0 Å². The van der Waals surface area contributed by atoms with Crippen LogP contribution >= 0.6 is 0 Å². The van der Waals surface area contributed by atoms with E-state index in [1.54, 1.807) is 0 Å². The predicted octanol–water partition coefficient (Wildman–Crippen LogP) is 2.45. The van der Waals surface area contributed by atoms with E-state index in [1.165, 1.54) is 12.0 Å². The molecule has 0 bridgehead atoms. The van der Waals surface area contributed by atoms with Gasteiger partial charge in [0.05, 0.1) is 5.66 Å². The Bertz CT molecular complexity index is 358. The molecule has 4 unspecified atom stereocenters. The largest absolute Gasteiger partial charge is 0.296 e. The summed E-state index contributed by atoms with van der Waals surface area (Å²) in [5.74, 6) is 0.489. The maximum absolute atomic E-state index is 4.77. The van der Waals surface area contributed by atoms with Crippen LogP contribution in [0.25, 0.3) is 0 Å². The van der Waals surface area contributed by atoms with E-state index in [-0.39, 0.29) is 11.8 Å². The Balaban J connectivity index is 2.22. The van der Waals surface area contributed by atoms with Crippen LogP contribution in [-0.4, -0.2) is 23.6 Å². The normalized spacial score (nSPS) is 41.6. The molecule has 3 heteroatoms. The second kappa shape index (κ2) is 4.54. The van der Waals surface area contributed by atoms with Gasteiger partial charge in [0.15, 0.2) is 0 Å². The minimum absolute atomic E-state index is 0.0245. The number of allylic oxidation sites excluding steroid dienone is 1. The van der Waals surface area contributed by atoms with Gasteiger partial charge in [-0.25, -0.2) is 0 Å². The van der Waals surface area contributed by atoms with E-state index >= 15 is 0 Å². The number of rotatable bonds is 2. The highest BCUT2D eigenvalue weighted by atomic mass is 15.3. The molecule has 0 saturated carbocycles. The number of hydrogen-bond donors (Lipinski definition) is 2. The quantitative estimate of drug-likeness (QED) is 0.771. The summed E-state index contributed by atoms with van der Waals surface area (Å²) in [5.41, 5.74) is 2.61. The monoisotopic (exact) mass is 235 g/mol. The molecule has 0 aromatic rings. The molecule has 0 aromatic heterocycles. The molecule has 0 amide bonds. The summed E-state index contributed by atoms with van der Waals surface area (Å²) in [7, 11) is 0. The summed E-state index contributed by atoms with van der Waals surface area (Å²) in [6, 6.07) is 0.478. The number of nitrogens with one attached hydrogen (secondary N) is 2. The van der Waals surface area contributed by atoms with Gasteiger partial charge in [-0.15, -0.1) is 0 Å². The first-order valence-electron chi connectivity index (χ1n) is 6.73. The molecule has 2 aliphatic heterocycles. The summed E-state index contributed by atoms with van der Waals surface area (Å²) in [4.78, 5) is 4.77. The third-order valence-electron chi connectivity index (χ3n) is 3.95. The smallest absolute Gasteiger partial charge is 0.109 e. The van der Waals surface area contributed by atoms with E-state index in [0.29, 0.717) is 12.0 Å². The molecule has 2 N–H and O–H groups in total. The lowest BCUT2D eigenvalue weighted by atomic mass is 9.83. The van der Waals surface area contributed by atoms with Crippen LogP contribution < -0.4 is 10.6 Å². The van der Waals surface area contributed by atoms with Gasteiger partial charge >= 0.3 is 0 Å². The molecule has 2 heterocycles. The van der Waals surface area contributed by atoms with Gasteiger partial charge in [-0.2, -0.15) is 0 Å². The number of fused-ring (bicyclic) bond motifs is 1. The Labute approximate surface area is 105 Å². The van der Waals surface area contributed by atoms with Crippen molar-refractivity contribution in [1.82, 2.24) is 10.6 Å². The van der Waals surface area contributed by atoms with Crippen molar-refractivity contribution in [3.05, 3.63) is 11.6 Å². The molecule has 17 heavy (non-hydrogen) atoms. The van der Waals surface area contributed by atoms with E-state index in [1.807, 2.05) is 0 Å². The SMILES string of the molecule is CCCC1(C)NC(C)C2C(C)=CC(C)=NC2N1. The van der Waals surface area contributed by atoms with Gasteiger partial charge in [-0.05, 0) is 40.2 Å². The minimum Gasteiger partial charge on any atom is -0.296 e. The number of aliphatic imine (C=N–C) groups is 1. The molecule has 2 rings (SSSR count). The van der Waals surface area contributed by atoms with E-state index in [2.05, 4.69) is 51.3 Å². The van der Waals surface area contributed by atoms with Gasteiger partial charge in [-0.1, -0.05) is 18.9 Å². The zero-order valence-corrected chi connectivity index (χ0v) is 11.7. The van der Waals surface area contributed by atoms with Crippen LogP contribution in [0.2, 0.25) is 0 Å². The second-order valence-corrected chi connectivity index (χ2v) is 5.79. The fraction of sp³-hybridized carbons (Fsp3) is 0.786. The highest BCUT2D eigenvalue weighted by Crippen LogP contribution is 2.31. The lowest BCUT2D eigenvalue weighted by Gasteiger charge is -2.49. The Morgan fingerprint density at radius 3 is 2.71 bits per heavy atom. The van der Waals surface area contributed by atoms with E-state index in [4.69, 9.17) is 4.99 Å². The first kappa shape index (κ1) is 12.8. The van der Waals surface area contributed by atoms with E-state index in [0.717, 1.165) is 12.1 Å². The highest BCUT2D eigenvalue weighted by Gasteiger charge is 2.41. The van der Waals surface area contributed by atoms with Crippen LogP contribution in [0.1, 0.15) is 47.5 Å². The lowest BCUT2D eigenvalue weighted by molar-refractivity contribution is 0.114. The van der Waals surface area contributed by atoms with Crippen LogP contribution in [-0.2, 0) is 0 Å². The first-order chi connectivity index (χ1) is 7.95. The Morgan fingerprint density at radius 1 is 1.35 bits per heavy atom. The first-order valence-corrected chi connectivity index (χ1v) is 6.73. The van der Waals surface area contributed by atoms with Gasteiger partial charge in [-0.3, -0.25) is 15.6 Å². The molecule has 2 aliphatic rings. The number of dihydropyridines is 1. The summed E-state index contributed by atoms with van der Waals surface area (Å²) in [6.45, 7) is 11.1. The third kappa shape index (κ3) is 2.45. The fourth-order valence-electron chi connectivity index (χ4n) is 3.41. The topological polar surface area (TPSA) is 36.4 Å². The van der Waals surface area contributed by atoms with E-state index < -0.39 is 0 Å². The van der Waals surface area contributed by atoms with Crippen molar-refractivity contribution in [2.45, 2.75) is 65.3 Å². The summed E-state index contributed by atoms with van der Waals surface area (Å²) >= 11 is 0. The average Bonchev–Trinajstić information content (AvgIpc) is 2.14. The number of nitrogens with zero attached hydrogens (tertiary/aromatic N) is 1. The predicted molar refractivity (Wildman–Crippen MR) is 73.2 cm³/mol. The average molecular weight is 235 g/mol. The standard InChI is InChI=1S/C14H25N3/c1-6-7-14(5)16-11(4)12-9(2)8-10(3)15-13(12)17-14/h8,11-13,16-17H,6-7H2,1-5H3. The van der Waals surface area contributed by atoms with Crippen molar-refractivity contribution in [2.24, 2.45) is 10.9 Å².